The second-order valence-electron chi connectivity index (χ2n) is 7.09. The van der Waals surface area contributed by atoms with E-state index in [4.69, 9.17) is 17.3 Å². The highest BCUT2D eigenvalue weighted by atomic mass is 35.5. The molecule has 4 N–H and O–H groups in total. The summed E-state index contributed by atoms with van der Waals surface area (Å²) in [7, 11) is 0. The third kappa shape index (κ3) is 4.43. The number of nitrogens with zero attached hydrogens (tertiary/aromatic N) is 3. The summed E-state index contributed by atoms with van der Waals surface area (Å²) in [4.78, 5) is 23.2. The first-order chi connectivity index (χ1) is 14.1. The van der Waals surface area contributed by atoms with E-state index < -0.39 is 0 Å². The topological polar surface area (TPSA) is 104 Å². The van der Waals surface area contributed by atoms with E-state index in [1.54, 1.807) is 24.3 Å². The molecule has 0 bridgehead atoms. The molecule has 0 atom stereocenters. The number of benzene rings is 2. The van der Waals surface area contributed by atoms with Crippen LogP contribution in [0.3, 0.4) is 0 Å². The van der Waals surface area contributed by atoms with Crippen LogP contribution in [-0.2, 0) is 13.1 Å². The van der Waals surface area contributed by atoms with Gasteiger partial charge in [-0.15, -0.1) is 12.4 Å². The van der Waals surface area contributed by atoms with Crippen molar-refractivity contribution in [3.63, 3.8) is 0 Å². The van der Waals surface area contributed by atoms with Crippen LogP contribution in [0.5, 0.6) is 5.75 Å². The molecule has 158 valence electrons. The number of anilines is 1. The average molecular weight is 448 g/mol. The van der Waals surface area contributed by atoms with Crippen LogP contribution in [0.2, 0.25) is 5.02 Å². The number of likely N-dealkylation sites (tertiary alicyclic amines) is 1. The van der Waals surface area contributed by atoms with Gasteiger partial charge in [-0.25, -0.2) is 9.97 Å². The number of aromatic nitrogens is 2. The van der Waals surface area contributed by atoms with E-state index in [1.165, 1.54) is 6.33 Å². The molecule has 1 aliphatic rings. The number of aromatic hydroxyl groups is 1. The Morgan fingerprint density at radius 1 is 1.20 bits per heavy atom. The number of nitrogens with two attached hydrogens (primary N) is 1. The lowest BCUT2D eigenvalue weighted by molar-refractivity contribution is 0.0793. The highest BCUT2D eigenvalue weighted by molar-refractivity contribution is 6.34. The van der Waals surface area contributed by atoms with Crippen LogP contribution in [0.1, 0.15) is 34.3 Å². The van der Waals surface area contributed by atoms with Crippen molar-refractivity contribution >= 4 is 46.6 Å². The summed E-state index contributed by atoms with van der Waals surface area (Å²) < 4.78 is 0. The van der Waals surface area contributed by atoms with Gasteiger partial charge in [0.25, 0.3) is 5.91 Å². The van der Waals surface area contributed by atoms with Crippen molar-refractivity contribution in [1.82, 2.24) is 14.9 Å². The summed E-state index contributed by atoms with van der Waals surface area (Å²) in [6.07, 6.45) is 3.48. The van der Waals surface area contributed by atoms with Crippen molar-refractivity contribution in [2.75, 3.05) is 18.4 Å². The maximum absolute atomic E-state index is 12.7. The van der Waals surface area contributed by atoms with E-state index in [1.807, 2.05) is 11.0 Å². The van der Waals surface area contributed by atoms with Gasteiger partial charge in [-0.2, -0.15) is 0 Å². The van der Waals surface area contributed by atoms with Gasteiger partial charge in [0.2, 0.25) is 0 Å². The number of amides is 1. The van der Waals surface area contributed by atoms with E-state index in [-0.39, 0.29) is 24.1 Å². The highest BCUT2D eigenvalue weighted by Crippen LogP contribution is 2.29. The van der Waals surface area contributed by atoms with Crippen LogP contribution in [0, 0.1) is 0 Å². The summed E-state index contributed by atoms with van der Waals surface area (Å²) in [5.74, 6) is 0.699. The number of phenols is 1. The van der Waals surface area contributed by atoms with Gasteiger partial charge >= 0.3 is 0 Å². The highest BCUT2D eigenvalue weighted by Gasteiger charge is 2.22. The lowest BCUT2D eigenvalue weighted by atomic mass is 10.1. The molecule has 3 aromatic rings. The van der Waals surface area contributed by atoms with Crippen LogP contribution >= 0.6 is 24.0 Å². The molecule has 0 radical (unpaired) electrons. The Hall–Kier alpha value is -2.61. The lowest BCUT2D eigenvalue weighted by Gasteiger charge is -2.17. The Morgan fingerprint density at radius 3 is 2.70 bits per heavy atom. The largest absolute Gasteiger partial charge is 0.508 e. The number of carbonyl (C=O) groups excluding carboxylic acids is 1. The van der Waals surface area contributed by atoms with Crippen molar-refractivity contribution in [1.29, 1.82) is 0 Å². The number of carbonyl (C=O) groups is 1. The molecule has 1 aromatic heterocycles. The molecule has 0 spiro atoms. The SMILES string of the molecule is Cl.NCc1ccc(O)c(CNc2ncnc3cc(C(=O)N4CCCC4)c(Cl)cc23)c1. The van der Waals surface area contributed by atoms with Gasteiger partial charge in [-0.1, -0.05) is 17.7 Å². The monoisotopic (exact) mass is 447 g/mol. The summed E-state index contributed by atoms with van der Waals surface area (Å²) >= 11 is 6.45. The Labute approximate surface area is 185 Å². The summed E-state index contributed by atoms with van der Waals surface area (Å²) in [6.45, 7) is 2.27. The minimum absolute atomic E-state index is 0. The first-order valence-electron chi connectivity index (χ1n) is 9.55. The van der Waals surface area contributed by atoms with Crippen LogP contribution in [0.25, 0.3) is 10.9 Å². The fraction of sp³-hybridized carbons (Fsp3) is 0.286. The molecular formula is C21H23Cl2N5O2. The van der Waals surface area contributed by atoms with Gasteiger partial charge in [0.15, 0.2) is 0 Å². The number of rotatable bonds is 5. The number of fused-ring (bicyclic) bond motifs is 1. The minimum atomic E-state index is -0.0638. The molecule has 1 aliphatic heterocycles. The minimum Gasteiger partial charge on any atom is -0.508 e. The zero-order valence-corrected chi connectivity index (χ0v) is 17.8. The lowest BCUT2D eigenvalue weighted by Crippen LogP contribution is -2.27. The van der Waals surface area contributed by atoms with Crippen molar-refractivity contribution in [3.05, 3.63) is 58.4 Å². The van der Waals surface area contributed by atoms with Gasteiger partial charge in [-0.3, -0.25) is 4.79 Å². The van der Waals surface area contributed by atoms with E-state index >= 15 is 0 Å². The number of nitrogens with one attached hydrogen (secondary N) is 1. The third-order valence-corrected chi connectivity index (χ3v) is 5.49. The van der Waals surface area contributed by atoms with Crippen LogP contribution < -0.4 is 11.1 Å². The molecule has 0 aliphatic carbocycles. The van der Waals surface area contributed by atoms with Gasteiger partial charge in [0.05, 0.1) is 16.1 Å². The number of hydrogen-bond donors (Lipinski definition) is 3. The number of phenolic OH excluding ortho intramolecular Hbond substituents is 1. The van der Waals surface area contributed by atoms with Gasteiger partial charge in [0.1, 0.15) is 17.9 Å². The zero-order chi connectivity index (χ0) is 20.4. The molecule has 4 rings (SSSR count). The zero-order valence-electron chi connectivity index (χ0n) is 16.3. The molecule has 0 saturated carbocycles. The Balaban J connectivity index is 0.00000256. The predicted molar refractivity (Wildman–Crippen MR) is 120 cm³/mol. The average Bonchev–Trinajstić information content (AvgIpc) is 3.27. The van der Waals surface area contributed by atoms with Crippen molar-refractivity contribution < 1.29 is 9.90 Å². The molecule has 2 aromatic carbocycles. The molecule has 7 nitrogen and oxygen atoms in total. The Morgan fingerprint density at radius 2 is 1.97 bits per heavy atom. The van der Waals surface area contributed by atoms with Crippen molar-refractivity contribution in [3.8, 4) is 5.75 Å². The second kappa shape index (κ2) is 9.47. The fourth-order valence-electron chi connectivity index (χ4n) is 3.56. The maximum atomic E-state index is 12.7. The van der Waals surface area contributed by atoms with Gasteiger partial charge in [0, 0.05) is 37.1 Å². The van der Waals surface area contributed by atoms with Crippen LogP contribution in [-0.4, -0.2) is 39.0 Å². The number of halogens is 2. The van der Waals surface area contributed by atoms with E-state index in [2.05, 4.69) is 15.3 Å². The summed E-state index contributed by atoms with van der Waals surface area (Å²) in [5, 5.41) is 14.4. The summed E-state index contributed by atoms with van der Waals surface area (Å²) in [6, 6.07) is 8.71. The van der Waals surface area contributed by atoms with Crippen molar-refractivity contribution in [2.45, 2.75) is 25.9 Å². The van der Waals surface area contributed by atoms with E-state index in [0.717, 1.165) is 31.5 Å². The van der Waals surface area contributed by atoms with Crippen molar-refractivity contribution in [2.24, 2.45) is 5.73 Å². The van der Waals surface area contributed by atoms with E-state index in [0.29, 0.717) is 46.0 Å². The quantitative estimate of drug-likeness (QED) is 0.550. The molecule has 30 heavy (non-hydrogen) atoms. The second-order valence-corrected chi connectivity index (χ2v) is 7.50. The third-order valence-electron chi connectivity index (χ3n) is 5.17. The smallest absolute Gasteiger partial charge is 0.255 e. The van der Waals surface area contributed by atoms with Gasteiger partial charge < -0.3 is 21.1 Å². The first-order valence-corrected chi connectivity index (χ1v) is 9.93. The molecule has 1 amide bonds. The fourth-order valence-corrected chi connectivity index (χ4v) is 3.80. The Bertz CT molecular complexity index is 1070. The normalized spacial score (nSPS) is 13.3. The van der Waals surface area contributed by atoms with Crippen LogP contribution in [0.4, 0.5) is 5.82 Å². The predicted octanol–water partition coefficient (Wildman–Crippen LogP) is 3.72. The molecule has 0 unspecified atom stereocenters. The molecule has 2 heterocycles. The van der Waals surface area contributed by atoms with Gasteiger partial charge in [-0.05, 0) is 42.7 Å². The molecule has 1 saturated heterocycles. The molecule has 1 fully saturated rings. The first kappa shape index (κ1) is 22.1. The summed E-state index contributed by atoms with van der Waals surface area (Å²) in [5.41, 5.74) is 8.42. The van der Waals surface area contributed by atoms with E-state index in [9.17, 15) is 9.90 Å². The standard InChI is InChI=1S/C21H22ClN5O2.ClH/c22-17-8-16-18(9-15(17)21(29)27-5-1-2-6-27)25-12-26-20(16)24-11-14-7-13(10-23)3-4-19(14)28;/h3-4,7-9,12,28H,1-2,5-6,10-11,23H2,(H,24,25,26);1H. The Kier molecular flexibility index (Phi) is 6.97. The van der Waals surface area contributed by atoms with Crippen LogP contribution in [0.15, 0.2) is 36.7 Å². The number of hydrogen-bond acceptors (Lipinski definition) is 6. The molecular weight excluding hydrogens is 425 g/mol. The maximum Gasteiger partial charge on any atom is 0.255 e. The molecule has 9 heteroatoms.